The first-order chi connectivity index (χ1) is 6.67. The van der Waals surface area contributed by atoms with Gasteiger partial charge in [-0.3, -0.25) is 0 Å². The van der Waals surface area contributed by atoms with Crippen LogP contribution in [0, 0.1) is 5.82 Å². The molecule has 3 heteroatoms. The Morgan fingerprint density at radius 1 is 1.57 bits per heavy atom. The van der Waals surface area contributed by atoms with Crippen LogP contribution in [0.2, 0.25) is 5.02 Å². The van der Waals surface area contributed by atoms with Crippen molar-refractivity contribution in [2.45, 2.75) is 13.3 Å². The lowest BCUT2D eigenvalue weighted by molar-refractivity contribution is 0.625. The maximum atomic E-state index is 13.3. The maximum absolute atomic E-state index is 13.3. The van der Waals surface area contributed by atoms with E-state index in [2.05, 4.69) is 0 Å². The van der Waals surface area contributed by atoms with Crippen molar-refractivity contribution in [2.75, 3.05) is 6.54 Å². The van der Waals surface area contributed by atoms with Gasteiger partial charge in [-0.05, 0) is 24.6 Å². The largest absolute Gasteiger partial charge is 0.327 e. The number of hydrogen-bond donors (Lipinski definition) is 1. The lowest BCUT2D eigenvalue weighted by Gasteiger charge is -2.02. The van der Waals surface area contributed by atoms with Crippen molar-refractivity contribution in [3.8, 4) is 0 Å². The van der Waals surface area contributed by atoms with Crippen LogP contribution in [-0.4, -0.2) is 6.54 Å². The van der Waals surface area contributed by atoms with Gasteiger partial charge in [0.2, 0.25) is 0 Å². The van der Waals surface area contributed by atoms with Gasteiger partial charge in [-0.1, -0.05) is 30.2 Å². The fraction of sp³-hybridized carbons (Fsp3) is 0.273. The van der Waals surface area contributed by atoms with Gasteiger partial charge in [0, 0.05) is 17.1 Å². The van der Waals surface area contributed by atoms with Gasteiger partial charge in [0.15, 0.2) is 0 Å². The van der Waals surface area contributed by atoms with Crippen LogP contribution in [0.4, 0.5) is 4.39 Å². The third-order valence-corrected chi connectivity index (χ3v) is 2.27. The second-order valence-electron chi connectivity index (χ2n) is 3.03. The number of nitrogens with two attached hydrogens (primary N) is 1. The number of halogens is 2. The topological polar surface area (TPSA) is 26.0 Å². The van der Waals surface area contributed by atoms with E-state index in [1.54, 1.807) is 12.1 Å². The lowest BCUT2D eigenvalue weighted by Crippen LogP contribution is -2.02. The molecule has 0 aromatic heterocycles. The first-order valence-corrected chi connectivity index (χ1v) is 4.89. The molecule has 0 atom stereocenters. The van der Waals surface area contributed by atoms with Crippen LogP contribution in [0.3, 0.4) is 0 Å². The van der Waals surface area contributed by atoms with Gasteiger partial charge in [-0.25, -0.2) is 4.39 Å². The Labute approximate surface area is 88.4 Å². The van der Waals surface area contributed by atoms with Crippen LogP contribution in [0.25, 0.3) is 6.08 Å². The van der Waals surface area contributed by atoms with E-state index in [0.717, 1.165) is 12.0 Å². The summed E-state index contributed by atoms with van der Waals surface area (Å²) >= 11 is 5.76. The fourth-order valence-corrected chi connectivity index (χ4v) is 1.33. The Hall–Kier alpha value is -0.860. The van der Waals surface area contributed by atoms with Crippen LogP contribution in [0.5, 0.6) is 0 Å². The van der Waals surface area contributed by atoms with Crippen molar-refractivity contribution in [1.82, 2.24) is 0 Å². The molecule has 1 aromatic carbocycles. The summed E-state index contributed by atoms with van der Waals surface area (Å²) in [7, 11) is 0. The van der Waals surface area contributed by atoms with E-state index in [0.29, 0.717) is 17.1 Å². The highest BCUT2D eigenvalue weighted by molar-refractivity contribution is 6.30. The van der Waals surface area contributed by atoms with Crippen molar-refractivity contribution in [3.63, 3.8) is 0 Å². The third kappa shape index (κ3) is 2.82. The molecule has 0 heterocycles. The molecular weight excluding hydrogens is 201 g/mol. The van der Waals surface area contributed by atoms with E-state index in [1.807, 2.05) is 6.92 Å². The first kappa shape index (κ1) is 11.2. The molecule has 1 aromatic rings. The summed E-state index contributed by atoms with van der Waals surface area (Å²) in [5.74, 6) is -0.270. The molecular formula is C11H13ClFN. The minimum Gasteiger partial charge on any atom is -0.327 e. The van der Waals surface area contributed by atoms with E-state index < -0.39 is 0 Å². The molecule has 0 radical (unpaired) electrons. The van der Waals surface area contributed by atoms with Crippen molar-refractivity contribution >= 4 is 17.7 Å². The van der Waals surface area contributed by atoms with Gasteiger partial charge in [0.25, 0.3) is 0 Å². The molecule has 0 aliphatic carbocycles. The molecule has 0 unspecified atom stereocenters. The van der Waals surface area contributed by atoms with Crippen molar-refractivity contribution in [1.29, 1.82) is 0 Å². The summed E-state index contributed by atoms with van der Waals surface area (Å²) in [6.07, 6.45) is 2.57. The Kier molecular flexibility index (Phi) is 4.11. The van der Waals surface area contributed by atoms with Gasteiger partial charge in [-0.2, -0.15) is 0 Å². The van der Waals surface area contributed by atoms with Crippen LogP contribution in [-0.2, 0) is 0 Å². The van der Waals surface area contributed by atoms with E-state index >= 15 is 0 Å². The highest BCUT2D eigenvalue weighted by atomic mass is 35.5. The number of benzene rings is 1. The molecule has 76 valence electrons. The fourth-order valence-electron chi connectivity index (χ4n) is 1.15. The predicted molar refractivity (Wildman–Crippen MR) is 58.7 cm³/mol. The van der Waals surface area contributed by atoms with Crippen molar-refractivity contribution < 1.29 is 4.39 Å². The number of rotatable bonds is 3. The Balaban J connectivity index is 3.06. The van der Waals surface area contributed by atoms with E-state index in [4.69, 9.17) is 17.3 Å². The molecule has 0 aliphatic rings. The van der Waals surface area contributed by atoms with Crippen molar-refractivity contribution in [2.24, 2.45) is 5.73 Å². The summed E-state index contributed by atoms with van der Waals surface area (Å²) in [5.41, 5.74) is 7.00. The molecule has 0 fully saturated rings. The molecule has 0 saturated carbocycles. The van der Waals surface area contributed by atoms with E-state index in [1.165, 1.54) is 12.1 Å². The monoisotopic (exact) mass is 213 g/mol. The zero-order chi connectivity index (χ0) is 10.6. The van der Waals surface area contributed by atoms with Gasteiger partial charge in [-0.15, -0.1) is 0 Å². The molecule has 14 heavy (non-hydrogen) atoms. The van der Waals surface area contributed by atoms with Crippen LogP contribution in [0.1, 0.15) is 18.9 Å². The maximum Gasteiger partial charge on any atom is 0.130 e. The highest BCUT2D eigenvalue weighted by Gasteiger charge is 2.01. The van der Waals surface area contributed by atoms with E-state index in [9.17, 15) is 4.39 Å². The Morgan fingerprint density at radius 3 is 2.86 bits per heavy atom. The lowest BCUT2D eigenvalue weighted by atomic mass is 10.1. The van der Waals surface area contributed by atoms with Gasteiger partial charge in [0.1, 0.15) is 5.82 Å². The summed E-state index contributed by atoms with van der Waals surface area (Å²) in [4.78, 5) is 0. The highest BCUT2D eigenvalue weighted by Crippen LogP contribution is 2.18. The smallest absolute Gasteiger partial charge is 0.130 e. The summed E-state index contributed by atoms with van der Waals surface area (Å²) in [5, 5.41) is 0.533. The summed E-state index contributed by atoms with van der Waals surface area (Å²) in [6.45, 7) is 2.43. The average Bonchev–Trinajstić information content (AvgIpc) is 2.19. The minimum atomic E-state index is -0.270. The summed E-state index contributed by atoms with van der Waals surface area (Å²) < 4.78 is 13.3. The molecule has 1 rings (SSSR count). The second kappa shape index (κ2) is 5.13. The Morgan fingerprint density at radius 2 is 2.29 bits per heavy atom. The zero-order valence-corrected chi connectivity index (χ0v) is 8.81. The third-order valence-electron chi connectivity index (χ3n) is 2.03. The Bertz CT molecular complexity index is 341. The second-order valence-corrected chi connectivity index (χ2v) is 3.46. The minimum absolute atomic E-state index is 0.270. The standard InChI is InChI=1S/C11H13ClFN/c1-2-8(7-14)5-9-6-10(12)3-4-11(9)13/h3-6H,2,7,14H2,1H3/b8-5-. The molecule has 0 spiro atoms. The molecule has 0 amide bonds. The zero-order valence-electron chi connectivity index (χ0n) is 8.06. The van der Waals surface area contributed by atoms with E-state index in [-0.39, 0.29) is 5.82 Å². The van der Waals surface area contributed by atoms with Crippen molar-refractivity contribution in [3.05, 3.63) is 40.2 Å². The average molecular weight is 214 g/mol. The van der Waals surface area contributed by atoms with Gasteiger partial charge < -0.3 is 5.73 Å². The van der Waals surface area contributed by atoms with Crippen LogP contribution in [0.15, 0.2) is 23.8 Å². The molecule has 0 bridgehead atoms. The molecule has 0 saturated heterocycles. The van der Waals surface area contributed by atoms with Crippen LogP contribution < -0.4 is 5.73 Å². The molecule has 1 nitrogen and oxygen atoms in total. The van der Waals surface area contributed by atoms with Gasteiger partial charge >= 0.3 is 0 Å². The molecule has 0 aliphatic heterocycles. The first-order valence-electron chi connectivity index (χ1n) is 4.52. The SMILES string of the molecule is CC/C(=C/c1cc(Cl)ccc1F)CN. The van der Waals surface area contributed by atoms with Gasteiger partial charge in [0.05, 0.1) is 0 Å². The number of hydrogen-bond acceptors (Lipinski definition) is 1. The normalized spacial score (nSPS) is 11.9. The van der Waals surface area contributed by atoms with Crippen LogP contribution >= 0.6 is 11.6 Å². The quantitative estimate of drug-likeness (QED) is 0.820. The summed E-state index contributed by atoms with van der Waals surface area (Å²) in [6, 6.07) is 4.49. The predicted octanol–water partition coefficient (Wildman–Crippen LogP) is 3.23. The molecule has 2 N–H and O–H groups in total.